The van der Waals surface area contributed by atoms with Crippen LogP contribution in [-0.2, 0) is 4.74 Å². The summed E-state index contributed by atoms with van der Waals surface area (Å²) in [6.45, 7) is 7.98. The van der Waals surface area contributed by atoms with Crippen LogP contribution in [0.1, 0.15) is 37.7 Å². The molecule has 0 radical (unpaired) electrons. The normalized spacial score (nSPS) is 14.6. The molecule has 0 saturated heterocycles. The van der Waals surface area contributed by atoms with Crippen molar-refractivity contribution in [3.05, 3.63) is 23.8 Å². The Kier molecular flexibility index (Phi) is 6.08. The van der Waals surface area contributed by atoms with E-state index in [-0.39, 0.29) is 6.04 Å². The Labute approximate surface area is 104 Å². The summed E-state index contributed by atoms with van der Waals surface area (Å²) in [5.41, 5.74) is 1.97. The average molecular weight is 237 g/mol. The SMILES string of the molecule is CCNC(c1cnc(C)cn1)C(C)CCOC. The third-order valence-electron chi connectivity index (χ3n) is 2.89. The number of nitrogens with zero attached hydrogens (tertiary/aromatic N) is 2. The first kappa shape index (κ1) is 14.1. The zero-order chi connectivity index (χ0) is 12.7. The lowest BCUT2D eigenvalue weighted by Crippen LogP contribution is -2.28. The third kappa shape index (κ3) is 4.40. The lowest BCUT2D eigenvalue weighted by molar-refractivity contribution is 0.170. The molecule has 0 spiro atoms. The van der Waals surface area contributed by atoms with E-state index in [9.17, 15) is 0 Å². The van der Waals surface area contributed by atoms with Gasteiger partial charge in [-0.1, -0.05) is 13.8 Å². The minimum absolute atomic E-state index is 0.253. The summed E-state index contributed by atoms with van der Waals surface area (Å²) in [7, 11) is 1.74. The zero-order valence-corrected chi connectivity index (χ0v) is 11.2. The van der Waals surface area contributed by atoms with Gasteiger partial charge in [-0.15, -0.1) is 0 Å². The number of ether oxygens (including phenoxy) is 1. The molecule has 1 N–H and O–H groups in total. The van der Waals surface area contributed by atoms with Gasteiger partial charge in [0.1, 0.15) is 0 Å². The summed E-state index contributed by atoms with van der Waals surface area (Å²) in [5.74, 6) is 0.479. The monoisotopic (exact) mass is 237 g/mol. The van der Waals surface area contributed by atoms with E-state index in [1.807, 2.05) is 19.3 Å². The van der Waals surface area contributed by atoms with Crippen LogP contribution in [0.25, 0.3) is 0 Å². The molecule has 0 aliphatic rings. The zero-order valence-electron chi connectivity index (χ0n) is 11.2. The fourth-order valence-corrected chi connectivity index (χ4v) is 1.85. The molecule has 0 saturated carbocycles. The summed E-state index contributed by atoms with van der Waals surface area (Å²) in [4.78, 5) is 8.77. The maximum Gasteiger partial charge on any atom is 0.0759 e. The topological polar surface area (TPSA) is 47.0 Å². The summed E-state index contributed by atoms with van der Waals surface area (Å²) in [5, 5.41) is 3.47. The lowest BCUT2D eigenvalue weighted by Gasteiger charge is -2.24. The molecule has 0 aliphatic carbocycles. The van der Waals surface area contributed by atoms with Gasteiger partial charge in [0.15, 0.2) is 0 Å². The largest absolute Gasteiger partial charge is 0.385 e. The standard InChI is InChI=1S/C13H23N3O/c1-5-14-13(10(2)6-7-17-4)12-9-15-11(3)8-16-12/h8-10,13-14H,5-7H2,1-4H3. The Bertz CT molecular complexity index is 313. The molecule has 0 amide bonds. The molecule has 96 valence electrons. The number of aryl methyl sites for hydroxylation is 1. The molecule has 4 heteroatoms. The van der Waals surface area contributed by atoms with E-state index in [1.54, 1.807) is 7.11 Å². The maximum atomic E-state index is 5.13. The molecule has 1 rings (SSSR count). The van der Waals surface area contributed by atoms with Crippen LogP contribution >= 0.6 is 0 Å². The number of nitrogens with one attached hydrogen (secondary N) is 1. The summed E-state index contributed by atoms with van der Waals surface area (Å²) in [6, 6.07) is 0.253. The molecule has 0 bridgehead atoms. The quantitative estimate of drug-likeness (QED) is 0.789. The van der Waals surface area contributed by atoms with E-state index in [4.69, 9.17) is 4.74 Å². The highest BCUT2D eigenvalue weighted by molar-refractivity contribution is 5.07. The maximum absolute atomic E-state index is 5.13. The van der Waals surface area contributed by atoms with E-state index in [1.165, 1.54) is 0 Å². The van der Waals surface area contributed by atoms with Crippen LogP contribution in [0.5, 0.6) is 0 Å². The van der Waals surface area contributed by atoms with Gasteiger partial charge in [-0.2, -0.15) is 0 Å². The molecule has 4 nitrogen and oxygen atoms in total. The Hall–Kier alpha value is -1.00. The fraction of sp³-hybridized carbons (Fsp3) is 0.692. The average Bonchev–Trinajstić information content (AvgIpc) is 2.34. The molecular formula is C13H23N3O. The summed E-state index contributed by atoms with van der Waals surface area (Å²) in [6.07, 6.45) is 4.71. The molecule has 0 aliphatic heterocycles. The number of rotatable bonds is 7. The smallest absolute Gasteiger partial charge is 0.0759 e. The number of methoxy groups -OCH3 is 1. The number of aromatic nitrogens is 2. The highest BCUT2D eigenvalue weighted by Crippen LogP contribution is 2.22. The van der Waals surface area contributed by atoms with Crippen molar-refractivity contribution in [2.45, 2.75) is 33.2 Å². The van der Waals surface area contributed by atoms with Gasteiger partial charge >= 0.3 is 0 Å². The first-order chi connectivity index (χ1) is 8.19. The molecule has 0 aromatic carbocycles. The van der Waals surface area contributed by atoms with Gasteiger partial charge in [-0.05, 0) is 25.8 Å². The number of hydrogen-bond donors (Lipinski definition) is 1. The third-order valence-corrected chi connectivity index (χ3v) is 2.89. The van der Waals surface area contributed by atoms with E-state index >= 15 is 0 Å². The first-order valence-corrected chi connectivity index (χ1v) is 6.19. The molecular weight excluding hydrogens is 214 g/mol. The molecule has 1 aromatic heterocycles. The Morgan fingerprint density at radius 2 is 2.12 bits per heavy atom. The summed E-state index contributed by atoms with van der Waals surface area (Å²) >= 11 is 0. The van der Waals surface area contributed by atoms with Gasteiger partial charge in [0.2, 0.25) is 0 Å². The van der Waals surface area contributed by atoms with Crippen LogP contribution < -0.4 is 5.32 Å². The minimum atomic E-state index is 0.253. The van der Waals surface area contributed by atoms with Gasteiger partial charge in [0.25, 0.3) is 0 Å². The van der Waals surface area contributed by atoms with Crippen LogP contribution in [0.2, 0.25) is 0 Å². The summed E-state index contributed by atoms with van der Waals surface area (Å²) < 4.78 is 5.13. The molecule has 0 fully saturated rings. The highest BCUT2D eigenvalue weighted by atomic mass is 16.5. The predicted molar refractivity (Wildman–Crippen MR) is 68.8 cm³/mol. The van der Waals surface area contributed by atoms with E-state index in [0.29, 0.717) is 5.92 Å². The van der Waals surface area contributed by atoms with Crippen LogP contribution in [-0.4, -0.2) is 30.2 Å². The second-order valence-electron chi connectivity index (χ2n) is 4.38. The Balaban J connectivity index is 2.73. The molecule has 2 unspecified atom stereocenters. The molecule has 2 atom stereocenters. The molecule has 1 heterocycles. The fourth-order valence-electron chi connectivity index (χ4n) is 1.85. The predicted octanol–water partition coefficient (Wildman–Crippen LogP) is 2.11. The van der Waals surface area contributed by atoms with Gasteiger partial charge < -0.3 is 10.1 Å². The van der Waals surface area contributed by atoms with Crippen LogP contribution in [0, 0.1) is 12.8 Å². The van der Waals surface area contributed by atoms with E-state index in [0.717, 1.165) is 31.0 Å². The molecule has 17 heavy (non-hydrogen) atoms. The second kappa shape index (κ2) is 7.35. The van der Waals surface area contributed by atoms with Crippen molar-refractivity contribution in [2.75, 3.05) is 20.3 Å². The first-order valence-electron chi connectivity index (χ1n) is 6.19. The Morgan fingerprint density at radius 3 is 2.65 bits per heavy atom. The van der Waals surface area contributed by atoms with Crippen molar-refractivity contribution in [3.63, 3.8) is 0 Å². The van der Waals surface area contributed by atoms with Gasteiger partial charge in [0.05, 0.1) is 23.6 Å². The van der Waals surface area contributed by atoms with Crippen molar-refractivity contribution >= 4 is 0 Å². The van der Waals surface area contributed by atoms with Crippen molar-refractivity contribution in [1.29, 1.82) is 0 Å². The van der Waals surface area contributed by atoms with Gasteiger partial charge in [-0.25, -0.2) is 0 Å². The van der Waals surface area contributed by atoms with Crippen molar-refractivity contribution in [1.82, 2.24) is 15.3 Å². The number of hydrogen-bond acceptors (Lipinski definition) is 4. The highest BCUT2D eigenvalue weighted by Gasteiger charge is 2.19. The second-order valence-corrected chi connectivity index (χ2v) is 4.38. The van der Waals surface area contributed by atoms with Crippen molar-refractivity contribution in [3.8, 4) is 0 Å². The molecule has 1 aromatic rings. The lowest BCUT2D eigenvalue weighted by atomic mass is 9.96. The van der Waals surface area contributed by atoms with Crippen molar-refractivity contribution < 1.29 is 4.74 Å². The van der Waals surface area contributed by atoms with Gasteiger partial charge in [0, 0.05) is 19.9 Å². The van der Waals surface area contributed by atoms with Crippen LogP contribution in [0.15, 0.2) is 12.4 Å². The van der Waals surface area contributed by atoms with E-state index in [2.05, 4.69) is 29.1 Å². The van der Waals surface area contributed by atoms with Crippen molar-refractivity contribution in [2.24, 2.45) is 5.92 Å². The van der Waals surface area contributed by atoms with E-state index < -0.39 is 0 Å². The van der Waals surface area contributed by atoms with Gasteiger partial charge in [-0.3, -0.25) is 9.97 Å². The minimum Gasteiger partial charge on any atom is -0.385 e. The Morgan fingerprint density at radius 1 is 1.35 bits per heavy atom. The van der Waals surface area contributed by atoms with Crippen LogP contribution in [0.4, 0.5) is 0 Å². The van der Waals surface area contributed by atoms with Crippen LogP contribution in [0.3, 0.4) is 0 Å².